The van der Waals surface area contributed by atoms with Gasteiger partial charge in [-0.25, -0.2) is 4.98 Å². The molecule has 0 atom stereocenters. The number of hydrogen-bond acceptors (Lipinski definition) is 1. The van der Waals surface area contributed by atoms with Gasteiger partial charge in [0.15, 0.2) is 0 Å². The molecular weight excluding hydrogens is 184 g/mol. The molecular formula is C13H18N2. The molecule has 0 radical (unpaired) electrons. The van der Waals surface area contributed by atoms with Gasteiger partial charge in [-0.2, -0.15) is 0 Å². The van der Waals surface area contributed by atoms with E-state index in [2.05, 4.69) is 42.6 Å². The molecule has 0 spiro atoms. The first-order chi connectivity index (χ1) is 7.31. The predicted molar refractivity (Wildman–Crippen MR) is 64.2 cm³/mol. The van der Waals surface area contributed by atoms with Crippen LogP contribution in [0.4, 0.5) is 0 Å². The minimum absolute atomic E-state index is 0.997. The quantitative estimate of drug-likeness (QED) is 0.747. The lowest BCUT2D eigenvalue weighted by atomic mass is 10.1. The lowest BCUT2D eigenvalue weighted by Crippen LogP contribution is -1.93. The molecule has 0 fully saturated rings. The van der Waals surface area contributed by atoms with Gasteiger partial charge >= 0.3 is 0 Å². The van der Waals surface area contributed by atoms with Gasteiger partial charge in [0, 0.05) is 24.3 Å². The topological polar surface area (TPSA) is 17.8 Å². The molecule has 2 rings (SSSR count). The van der Waals surface area contributed by atoms with Crippen LogP contribution >= 0.6 is 0 Å². The summed E-state index contributed by atoms with van der Waals surface area (Å²) in [6.07, 6.45) is 6.34. The second-order valence-electron chi connectivity index (χ2n) is 3.82. The molecule has 0 unspecified atom stereocenters. The normalized spacial score (nSPS) is 11.1. The third-order valence-electron chi connectivity index (χ3n) is 3.02. The van der Waals surface area contributed by atoms with E-state index in [1.807, 2.05) is 6.20 Å². The minimum atomic E-state index is 0.997. The Morgan fingerprint density at radius 3 is 2.47 bits per heavy atom. The molecule has 80 valence electrons. The standard InChI is InChI=1S/C13H18N2/c1-4-10-7-8-14-13-12(10)11(5-2)9-15(13)6-3/h7-9H,4-6H2,1-3H3. The summed E-state index contributed by atoms with van der Waals surface area (Å²) in [5.74, 6) is 0. The van der Waals surface area contributed by atoms with Crippen LogP contribution in [0.25, 0.3) is 11.0 Å². The Kier molecular flexibility index (Phi) is 2.76. The largest absolute Gasteiger partial charge is 0.333 e. The summed E-state index contributed by atoms with van der Waals surface area (Å²) in [4.78, 5) is 4.49. The maximum atomic E-state index is 4.49. The smallest absolute Gasteiger partial charge is 0.140 e. The lowest BCUT2D eigenvalue weighted by molar-refractivity contribution is 0.783. The molecule has 2 heteroatoms. The fourth-order valence-electron chi connectivity index (χ4n) is 2.17. The van der Waals surface area contributed by atoms with Crippen LogP contribution in [-0.4, -0.2) is 9.55 Å². The van der Waals surface area contributed by atoms with Crippen molar-refractivity contribution in [3.05, 3.63) is 29.6 Å². The second kappa shape index (κ2) is 4.05. The van der Waals surface area contributed by atoms with Crippen molar-refractivity contribution >= 4 is 11.0 Å². The van der Waals surface area contributed by atoms with E-state index in [-0.39, 0.29) is 0 Å². The molecule has 0 saturated heterocycles. The summed E-state index contributed by atoms with van der Waals surface area (Å²) in [7, 11) is 0. The minimum Gasteiger partial charge on any atom is -0.333 e. The molecule has 0 bridgehead atoms. The molecule has 0 aliphatic rings. The first-order valence-corrected chi connectivity index (χ1v) is 5.77. The van der Waals surface area contributed by atoms with Gasteiger partial charge < -0.3 is 4.57 Å². The summed E-state index contributed by atoms with van der Waals surface area (Å²) < 4.78 is 2.24. The molecule has 15 heavy (non-hydrogen) atoms. The number of rotatable bonds is 3. The van der Waals surface area contributed by atoms with E-state index >= 15 is 0 Å². The molecule has 0 N–H and O–H groups in total. The molecule has 0 amide bonds. The van der Waals surface area contributed by atoms with Gasteiger partial charge in [0.2, 0.25) is 0 Å². The highest BCUT2D eigenvalue weighted by molar-refractivity contribution is 5.84. The van der Waals surface area contributed by atoms with Crippen LogP contribution in [0.15, 0.2) is 18.5 Å². The van der Waals surface area contributed by atoms with Crippen molar-refractivity contribution in [2.24, 2.45) is 0 Å². The lowest BCUT2D eigenvalue weighted by Gasteiger charge is -2.02. The molecule has 2 heterocycles. The Morgan fingerprint density at radius 2 is 1.87 bits per heavy atom. The monoisotopic (exact) mass is 202 g/mol. The maximum Gasteiger partial charge on any atom is 0.140 e. The third kappa shape index (κ3) is 1.54. The Balaban J connectivity index is 2.78. The van der Waals surface area contributed by atoms with Crippen LogP contribution in [0, 0.1) is 0 Å². The summed E-state index contributed by atoms with van der Waals surface area (Å²) in [6.45, 7) is 7.58. The molecule has 2 aromatic heterocycles. The summed E-state index contributed by atoms with van der Waals surface area (Å²) in [5, 5.41) is 1.38. The summed E-state index contributed by atoms with van der Waals surface area (Å²) in [5.41, 5.74) is 3.99. The third-order valence-corrected chi connectivity index (χ3v) is 3.02. The second-order valence-corrected chi connectivity index (χ2v) is 3.82. The fraction of sp³-hybridized carbons (Fsp3) is 0.462. The van der Waals surface area contributed by atoms with Gasteiger partial charge in [-0.3, -0.25) is 0 Å². The Labute approximate surface area is 90.9 Å². The van der Waals surface area contributed by atoms with Gasteiger partial charge in [0.05, 0.1) is 0 Å². The predicted octanol–water partition coefficient (Wildman–Crippen LogP) is 3.18. The fourth-order valence-corrected chi connectivity index (χ4v) is 2.17. The Bertz CT molecular complexity index is 469. The van der Waals surface area contributed by atoms with Crippen LogP contribution in [0.1, 0.15) is 31.9 Å². The van der Waals surface area contributed by atoms with Crippen molar-refractivity contribution < 1.29 is 0 Å². The SMILES string of the molecule is CCc1ccnc2c1c(CC)cn2CC. The number of nitrogens with zero attached hydrogens (tertiary/aromatic N) is 2. The number of pyridine rings is 1. The highest BCUT2D eigenvalue weighted by atomic mass is 15.0. The first-order valence-electron chi connectivity index (χ1n) is 5.77. The number of hydrogen-bond donors (Lipinski definition) is 0. The highest BCUT2D eigenvalue weighted by Gasteiger charge is 2.10. The van der Waals surface area contributed by atoms with E-state index in [1.54, 1.807) is 0 Å². The molecule has 0 aliphatic heterocycles. The highest BCUT2D eigenvalue weighted by Crippen LogP contribution is 2.24. The van der Waals surface area contributed by atoms with E-state index in [9.17, 15) is 0 Å². The van der Waals surface area contributed by atoms with E-state index in [4.69, 9.17) is 0 Å². The van der Waals surface area contributed by atoms with E-state index in [1.165, 1.54) is 16.5 Å². The van der Waals surface area contributed by atoms with Crippen molar-refractivity contribution in [3.63, 3.8) is 0 Å². The van der Waals surface area contributed by atoms with Crippen LogP contribution in [0.5, 0.6) is 0 Å². The molecule has 0 aliphatic carbocycles. The maximum absolute atomic E-state index is 4.49. The molecule has 0 saturated carbocycles. The van der Waals surface area contributed by atoms with Crippen molar-refractivity contribution in [2.75, 3.05) is 0 Å². The summed E-state index contributed by atoms with van der Waals surface area (Å²) in [6, 6.07) is 2.14. The van der Waals surface area contributed by atoms with Crippen LogP contribution < -0.4 is 0 Å². The first kappa shape index (κ1) is 10.2. The van der Waals surface area contributed by atoms with Crippen molar-refractivity contribution in [1.82, 2.24) is 9.55 Å². The molecule has 0 aromatic carbocycles. The van der Waals surface area contributed by atoms with E-state index in [0.29, 0.717) is 0 Å². The summed E-state index contributed by atoms with van der Waals surface area (Å²) >= 11 is 0. The Hall–Kier alpha value is -1.31. The zero-order valence-corrected chi connectivity index (χ0v) is 9.75. The van der Waals surface area contributed by atoms with Gasteiger partial charge in [-0.15, -0.1) is 0 Å². The van der Waals surface area contributed by atoms with Gasteiger partial charge in [-0.05, 0) is 37.0 Å². The van der Waals surface area contributed by atoms with Gasteiger partial charge in [-0.1, -0.05) is 13.8 Å². The number of aryl methyl sites for hydroxylation is 3. The zero-order chi connectivity index (χ0) is 10.8. The van der Waals surface area contributed by atoms with Gasteiger partial charge in [0.1, 0.15) is 5.65 Å². The van der Waals surface area contributed by atoms with Crippen LogP contribution in [-0.2, 0) is 19.4 Å². The Morgan fingerprint density at radius 1 is 1.13 bits per heavy atom. The molecule has 2 nitrogen and oxygen atoms in total. The van der Waals surface area contributed by atoms with E-state index in [0.717, 1.165) is 25.0 Å². The zero-order valence-electron chi connectivity index (χ0n) is 9.75. The number of aromatic nitrogens is 2. The van der Waals surface area contributed by atoms with Crippen molar-refractivity contribution in [3.8, 4) is 0 Å². The molecule has 2 aromatic rings. The van der Waals surface area contributed by atoms with Crippen LogP contribution in [0.2, 0.25) is 0 Å². The van der Waals surface area contributed by atoms with Crippen molar-refractivity contribution in [2.45, 2.75) is 40.2 Å². The number of fused-ring (bicyclic) bond motifs is 1. The van der Waals surface area contributed by atoms with Gasteiger partial charge in [0.25, 0.3) is 0 Å². The average molecular weight is 202 g/mol. The van der Waals surface area contributed by atoms with Crippen LogP contribution in [0.3, 0.4) is 0 Å². The average Bonchev–Trinajstić information content (AvgIpc) is 2.66. The van der Waals surface area contributed by atoms with E-state index < -0.39 is 0 Å². The van der Waals surface area contributed by atoms with Crippen molar-refractivity contribution in [1.29, 1.82) is 0 Å².